The number of hydrogen-bond donors (Lipinski definition) is 2. The summed E-state index contributed by atoms with van der Waals surface area (Å²) in [5.41, 5.74) is 5.52. The van der Waals surface area contributed by atoms with E-state index in [2.05, 4.69) is 15.8 Å². The molecule has 0 radical (unpaired) electrons. The van der Waals surface area contributed by atoms with Gasteiger partial charge < -0.3 is 10.1 Å². The average molecular weight is 422 g/mol. The Balaban J connectivity index is 1.64. The van der Waals surface area contributed by atoms with Gasteiger partial charge in [0.1, 0.15) is 5.75 Å². The van der Waals surface area contributed by atoms with Crippen molar-refractivity contribution < 1.29 is 14.3 Å². The Hall–Kier alpha value is -3.64. The summed E-state index contributed by atoms with van der Waals surface area (Å²) in [5, 5.41) is 7.55. The molecular formula is C23H20ClN3O3. The molecule has 0 aliphatic heterocycles. The Bertz CT molecular complexity index is 1080. The van der Waals surface area contributed by atoms with Crippen LogP contribution in [0.2, 0.25) is 5.02 Å². The van der Waals surface area contributed by atoms with Crippen molar-refractivity contribution in [3.8, 4) is 5.75 Å². The van der Waals surface area contributed by atoms with Gasteiger partial charge in [0.05, 0.1) is 18.4 Å². The van der Waals surface area contributed by atoms with Gasteiger partial charge in [-0.3, -0.25) is 9.59 Å². The van der Waals surface area contributed by atoms with Crippen LogP contribution >= 0.6 is 11.6 Å². The molecule has 3 aromatic rings. The van der Waals surface area contributed by atoms with Gasteiger partial charge in [0.15, 0.2) is 0 Å². The SMILES string of the molecule is COc1ccccc1C(=O)N/N=C(/C)c1ccc(NC(=O)c2ccc(Cl)cc2)cc1. The van der Waals surface area contributed by atoms with Crippen molar-refractivity contribution in [3.63, 3.8) is 0 Å². The molecule has 7 heteroatoms. The zero-order valence-electron chi connectivity index (χ0n) is 16.5. The molecule has 0 aliphatic carbocycles. The number of nitrogens with zero attached hydrogens (tertiary/aromatic N) is 1. The molecule has 0 bridgehead atoms. The minimum Gasteiger partial charge on any atom is -0.496 e. The standard InChI is InChI=1S/C23H20ClN3O3/c1-15(26-27-23(29)20-5-3-4-6-21(20)30-2)16-9-13-19(14-10-16)25-22(28)17-7-11-18(24)12-8-17/h3-14H,1-2H3,(H,25,28)(H,27,29)/b26-15-. The van der Waals surface area contributed by atoms with Crippen LogP contribution in [-0.4, -0.2) is 24.6 Å². The predicted octanol–water partition coefficient (Wildman–Crippen LogP) is 4.75. The van der Waals surface area contributed by atoms with Crippen LogP contribution < -0.4 is 15.5 Å². The minimum atomic E-state index is -0.362. The van der Waals surface area contributed by atoms with E-state index in [-0.39, 0.29) is 11.8 Å². The van der Waals surface area contributed by atoms with Gasteiger partial charge in [-0.15, -0.1) is 0 Å². The average Bonchev–Trinajstić information content (AvgIpc) is 2.78. The van der Waals surface area contributed by atoms with Crippen molar-refractivity contribution >= 4 is 34.8 Å². The van der Waals surface area contributed by atoms with Crippen molar-refractivity contribution in [2.24, 2.45) is 5.10 Å². The molecular weight excluding hydrogens is 402 g/mol. The molecule has 0 atom stereocenters. The maximum Gasteiger partial charge on any atom is 0.275 e. The minimum absolute atomic E-state index is 0.228. The number of amides is 2. The highest BCUT2D eigenvalue weighted by Gasteiger charge is 2.11. The lowest BCUT2D eigenvalue weighted by Gasteiger charge is -2.08. The third-order valence-electron chi connectivity index (χ3n) is 4.34. The molecule has 152 valence electrons. The number of methoxy groups -OCH3 is 1. The highest BCUT2D eigenvalue weighted by molar-refractivity contribution is 6.30. The number of benzene rings is 3. The fourth-order valence-corrected chi connectivity index (χ4v) is 2.82. The van der Waals surface area contributed by atoms with E-state index >= 15 is 0 Å². The van der Waals surface area contributed by atoms with Crippen LogP contribution in [0.5, 0.6) is 5.75 Å². The van der Waals surface area contributed by atoms with Crippen LogP contribution in [0.15, 0.2) is 77.9 Å². The van der Waals surface area contributed by atoms with Gasteiger partial charge in [0.25, 0.3) is 11.8 Å². The second-order valence-electron chi connectivity index (χ2n) is 6.38. The first-order chi connectivity index (χ1) is 14.5. The number of hydrazone groups is 1. The second kappa shape index (κ2) is 9.71. The van der Waals surface area contributed by atoms with Crippen LogP contribution in [0, 0.1) is 0 Å². The summed E-state index contributed by atoms with van der Waals surface area (Å²) in [6.45, 7) is 1.78. The molecule has 0 fully saturated rings. The Morgan fingerprint density at radius 1 is 0.867 bits per heavy atom. The van der Waals surface area contributed by atoms with Gasteiger partial charge >= 0.3 is 0 Å². The maximum atomic E-state index is 12.3. The monoisotopic (exact) mass is 421 g/mol. The molecule has 0 unspecified atom stereocenters. The fourth-order valence-electron chi connectivity index (χ4n) is 2.69. The smallest absolute Gasteiger partial charge is 0.275 e. The van der Waals surface area contributed by atoms with Crippen LogP contribution in [0.3, 0.4) is 0 Å². The number of nitrogens with one attached hydrogen (secondary N) is 2. The van der Waals surface area contributed by atoms with E-state index in [1.807, 2.05) is 12.1 Å². The molecule has 0 saturated carbocycles. The van der Waals surface area contributed by atoms with E-state index < -0.39 is 0 Å². The van der Waals surface area contributed by atoms with Gasteiger partial charge in [-0.1, -0.05) is 35.9 Å². The third-order valence-corrected chi connectivity index (χ3v) is 4.60. The fraction of sp³-hybridized carbons (Fsp3) is 0.0870. The summed E-state index contributed by atoms with van der Waals surface area (Å²) < 4.78 is 5.19. The number of carbonyl (C=O) groups is 2. The third kappa shape index (κ3) is 5.24. The second-order valence-corrected chi connectivity index (χ2v) is 6.81. The number of hydrogen-bond acceptors (Lipinski definition) is 4. The Morgan fingerprint density at radius 2 is 1.50 bits per heavy atom. The summed E-state index contributed by atoms with van der Waals surface area (Å²) in [5.74, 6) is -0.115. The summed E-state index contributed by atoms with van der Waals surface area (Å²) in [4.78, 5) is 24.6. The Morgan fingerprint density at radius 3 is 2.17 bits per heavy atom. The summed E-state index contributed by atoms with van der Waals surface area (Å²) in [6, 6.07) is 20.7. The van der Waals surface area contributed by atoms with E-state index in [4.69, 9.17) is 16.3 Å². The van der Waals surface area contributed by atoms with Crippen LogP contribution in [0.25, 0.3) is 0 Å². The number of rotatable bonds is 6. The van der Waals surface area contributed by atoms with Crippen LogP contribution in [0.1, 0.15) is 33.2 Å². The summed E-state index contributed by atoms with van der Waals surface area (Å²) >= 11 is 5.84. The summed E-state index contributed by atoms with van der Waals surface area (Å²) in [6.07, 6.45) is 0. The van der Waals surface area contributed by atoms with Gasteiger partial charge in [-0.2, -0.15) is 5.10 Å². The van der Waals surface area contributed by atoms with E-state index in [1.165, 1.54) is 7.11 Å². The molecule has 0 spiro atoms. The lowest BCUT2D eigenvalue weighted by Crippen LogP contribution is -2.20. The molecule has 6 nitrogen and oxygen atoms in total. The van der Waals surface area contributed by atoms with Crippen molar-refractivity contribution in [3.05, 3.63) is 94.5 Å². The van der Waals surface area contributed by atoms with Crippen LogP contribution in [0.4, 0.5) is 5.69 Å². The highest BCUT2D eigenvalue weighted by atomic mass is 35.5. The first-order valence-corrected chi connectivity index (χ1v) is 9.50. The molecule has 0 saturated heterocycles. The number of halogens is 1. The van der Waals surface area contributed by atoms with E-state index in [0.717, 1.165) is 5.56 Å². The first-order valence-electron chi connectivity index (χ1n) is 9.13. The summed E-state index contributed by atoms with van der Waals surface area (Å²) in [7, 11) is 1.51. The number of anilines is 1. The first kappa shape index (κ1) is 21.1. The molecule has 0 aromatic heterocycles. The predicted molar refractivity (Wildman–Crippen MR) is 119 cm³/mol. The van der Waals surface area contributed by atoms with Gasteiger partial charge in [-0.05, 0) is 61.0 Å². The zero-order chi connectivity index (χ0) is 21.5. The molecule has 0 heterocycles. The normalized spacial score (nSPS) is 11.0. The van der Waals surface area contributed by atoms with Crippen molar-refractivity contribution in [1.82, 2.24) is 5.43 Å². The molecule has 3 aromatic carbocycles. The van der Waals surface area contributed by atoms with E-state index in [1.54, 1.807) is 67.6 Å². The molecule has 2 amide bonds. The number of ether oxygens (including phenoxy) is 1. The van der Waals surface area contributed by atoms with E-state index in [9.17, 15) is 9.59 Å². The number of carbonyl (C=O) groups excluding carboxylic acids is 2. The lowest BCUT2D eigenvalue weighted by atomic mass is 10.1. The molecule has 2 N–H and O–H groups in total. The maximum absolute atomic E-state index is 12.3. The van der Waals surface area contributed by atoms with Gasteiger partial charge in [-0.25, -0.2) is 5.43 Å². The Labute approximate surface area is 179 Å². The van der Waals surface area contributed by atoms with Crippen LogP contribution in [-0.2, 0) is 0 Å². The van der Waals surface area contributed by atoms with Crippen molar-refractivity contribution in [1.29, 1.82) is 0 Å². The zero-order valence-corrected chi connectivity index (χ0v) is 17.2. The van der Waals surface area contributed by atoms with Gasteiger partial charge in [0.2, 0.25) is 0 Å². The topological polar surface area (TPSA) is 79.8 Å². The van der Waals surface area contributed by atoms with E-state index in [0.29, 0.717) is 33.3 Å². The Kier molecular flexibility index (Phi) is 6.83. The molecule has 30 heavy (non-hydrogen) atoms. The number of para-hydroxylation sites is 1. The molecule has 0 aliphatic rings. The largest absolute Gasteiger partial charge is 0.496 e. The quantitative estimate of drug-likeness (QED) is 0.445. The van der Waals surface area contributed by atoms with Crippen molar-refractivity contribution in [2.75, 3.05) is 12.4 Å². The lowest BCUT2D eigenvalue weighted by molar-refractivity contribution is 0.0951. The van der Waals surface area contributed by atoms with Crippen molar-refractivity contribution in [2.45, 2.75) is 6.92 Å². The van der Waals surface area contributed by atoms with Gasteiger partial charge in [0, 0.05) is 16.3 Å². The highest BCUT2D eigenvalue weighted by Crippen LogP contribution is 2.17. The molecule has 3 rings (SSSR count).